The minimum absolute atomic E-state index is 0.201. The molecule has 21 heavy (non-hydrogen) atoms. The number of carbonyl (C=O) groups excluding carboxylic acids is 1. The monoisotopic (exact) mass is 293 g/mol. The third kappa shape index (κ3) is 3.46. The summed E-state index contributed by atoms with van der Waals surface area (Å²) in [6, 6.07) is 0. The van der Waals surface area contributed by atoms with E-state index in [9.17, 15) is 4.79 Å². The van der Waals surface area contributed by atoms with Gasteiger partial charge in [0.05, 0.1) is 13.2 Å². The fourth-order valence-corrected chi connectivity index (χ4v) is 2.46. The van der Waals surface area contributed by atoms with E-state index in [4.69, 9.17) is 15.2 Å². The smallest absolute Gasteiger partial charge is 0.414 e. The second kappa shape index (κ2) is 6.78. The summed E-state index contributed by atoms with van der Waals surface area (Å²) in [7, 11) is 3.62. The molecule has 1 aliphatic heterocycles. The van der Waals surface area contributed by atoms with Gasteiger partial charge in [-0.15, -0.1) is 0 Å². The highest BCUT2D eigenvalue weighted by Gasteiger charge is 2.33. The van der Waals surface area contributed by atoms with Crippen molar-refractivity contribution in [3.05, 3.63) is 35.8 Å². The van der Waals surface area contributed by atoms with Crippen LogP contribution in [-0.2, 0) is 9.47 Å². The van der Waals surface area contributed by atoms with Crippen molar-refractivity contribution in [1.29, 1.82) is 0 Å². The molecule has 1 heterocycles. The van der Waals surface area contributed by atoms with Crippen molar-refractivity contribution >= 4 is 6.09 Å². The topological polar surface area (TPSA) is 68.0 Å². The Bertz CT molecular complexity index is 485. The van der Waals surface area contributed by atoms with Crippen LogP contribution in [0.3, 0.4) is 0 Å². The van der Waals surface area contributed by atoms with Crippen LogP contribution in [0, 0.1) is 0 Å². The minimum atomic E-state index is -0.300. The molecule has 1 saturated heterocycles. The zero-order valence-electron chi connectivity index (χ0n) is 12.7. The zero-order chi connectivity index (χ0) is 15.4. The summed E-state index contributed by atoms with van der Waals surface area (Å²) in [5, 5.41) is 0. The molecule has 6 nitrogen and oxygen atoms in total. The highest BCUT2D eigenvalue weighted by atomic mass is 16.6. The molecule has 0 radical (unpaired) electrons. The first kappa shape index (κ1) is 15.6. The first-order chi connectivity index (χ1) is 10.1. The number of ether oxygens (including phenoxy) is 2. The Kier molecular flexibility index (Phi) is 5.03. The molecule has 2 rings (SSSR count). The summed E-state index contributed by atoms with van der Waals surface area (Å²) in [5.74, 6) is 0. The van der Waals surface area contributed by atoms with Gasteiger partial charge in [0.2, 0.25) is 0 Å². The van der Waals surface area contributed by atoms with Crippen molar-refractivity contribution < 1.29 is 14.3 Å². The maximum absolute atomic E-state index is 11.8. The number of nitrogens with zero attached hydrogens (tertiary/aromatic N) is 2. The van der Waals surface area contributed by atoms with Gasteiger partial charge in [-0.2, -0.15) is 0 Å². The number of nitrogens with two attached hydrogens (primary N) is 1. The van der Waals surface area contributed by atoms with Gasteiger partial charge in [0.1, 0.15) is 6.10 Å². The maximum Gasteiger partial charge on any atom is 0.414 e. The summed E-state index contributed by atoms with van der Waals surface area (Å²) in [5.41, 5.74) is 8.59. The lowest BCUT2D eigenvalue weighted by molar-refractivity contribution is 0.137. The van der Waals surface area contributed by atoms with Crippen molar-refractivity contribution in [3.63, 3.8) is 0 Å². The molecule has 1 atom stereocenters. The third-order valence-electron chi connectivity index (χ3n) is 3.81. The molecular weight excluding hydrogens is 270 g/mol. The van der Waals surface area contributed by atoms with Gasteiger partial charge in [-0.3, -0.25) is 4.90 Å². The van der Waals surface area contributed by atoms with E-state index < -0.39 is 0 Å². The van der Waals surface area contributed by atoms with Gasteiger partial charge in [0.25, 0.3) is 0 Å². The van der Waals surface area contributed by atoms with E-state index in [-0.39, 0.29) is 12.2 Å². The standard InChI is InChI=1S/C15H23N3O3/c1-11(10-20-3)17(2)12-4-6-13(7-5-12)18-9-14(8-16)21-15(18)19/h4,6,14H,1,5,7-10,16H2,2-3H3. The van der Waals surface area contributed by atoms with E-state index in [2.05, 4.69) is 6.58 Å². The predicted octanol–water partition coefficient (Wildman–Crippen LogP) is 1.42. The number of carbonyl (C=O) groups is 1. The van der Waals surface area contributed by atoms with Crippen molar-refractivity contribution in [2.24, 2.45) is 5.73 Å². The molecule has 1 amide bonds. The SMILES string of the molecule is C=C(COC)N(C)C1=CC=C(N2CC(CN)OC2=O)CC1. The van der Waals surface area contributed by atoms with Gasteiger partial charge in [0.15, 0.2) is 0 Å². The lowest BCUT2D eigenvalue weighted by Crippen LogP contribution is -2.28. The molecule has 2 N–H and O–H groups in total. The Morgan fingerprint density at radius 3 is 2.86 bits per heavy atom. The fraction of sp³-hybridized carbons (Fsp3) is 0.533. The average Bonchev–Trinajstić information content (AvgIpc) is 2.88. The Hall–Kier alpha value is -1.79. The first-order valence-electron chi connectivity index (χ1n) is 7.05. The van der Waals surface area contributed by atoms with E-state index in [1.807, 2.05) is 24.1 Å². The number of rotatable bonds is 6. The van der Waals surface area contributed by atoms with Gasteiger partial charge < -0.3 is 20.1 Å². The Morgan fingerprint density at radius 1 is 1.57 bits per heavy atom. The number of hydrogen-bond acceptors (Lipinski definition) is 5. The minimum Gasteiger partial charge on any atom is -0.443 e. The van der Waals surface area contributed by atoms with Crippen molar-refractivity contribution in [3.8, 4) is 0 Å². The quantitative estimate of drug-likeness (QED) is 0.802. The molecule has 1 aliphatic carbocycles. The molecule has 6 heteroatoms. The number of likely N-dealkylation sites (N-methyl/N-ethyl adjacent to an activating group) is 1. The summed E-state index contributed by atoms with van der Waals surface area (Å²) in [6.07, 6.45) is 5.13. The Labute approximate surface area is 125 Å². The van der Waals surface area contributed by atoms with Gasteiger partial charge >= 0.3 is 6.09 Å². The number of methoxy groups -OCH3 is 1. The van der Waals surface area contributed by atoms with Crippen LogP contribution in [0.5, 0.6) is 0 Å². The normalized spacial score (nSPS) is 21.8. The molecule has 0 bridgehead atoms. The third-order valence-corrected chi connectivity index (χ3v) is 3.81. The number of amides is 1. The molecule has 2 aliphatic rings. The van der Waals surface area contributed by atoms with E-state index in [1.54, 1.807) is 12.0 Å². The van der Waals surface area contributed by atoms with Crippen LogP contribution in [0.25, 0.3) is 0 Å². The van der Waals surface area contributed by atoms with E-state index in [0.717, 1.165) is 29.9 Å². The van der Waals surface area contributed by atoms with E-state index in [0.29, 0.717) is 19.7 Å². The summed E-state index contributed by atoms with van der Waals surface area (Å²) in [4.78, 5) is 15.5. The van der Waals surface area contributed by atoms with E-state index in [1.165, 1.54) is 0 Å². The largest absolute Gasteiger partial charge is 0.443 e. The lowest BCUT2D eigenvalue weighted by atomic mass is 10.1. The summed E-state index contributed by atoms with van der Waals surface area (Å²) < 4.78 is 10.3. The van der Waals surface area contributed by atoms with Crippen molar-refractivity contribution in [1.82, 2.24) is 9.80 Å². The molecular formula is C15H23N3O3. The van der Waals surface area contributed by atoms with Crippen LogP contribution in [0.15, 0.2) is 35.8 Å². The molecule has 0 saturated carbocycles. The summed E-state index contributed by atoms with van der Waals surface area (Å²) in [6.45, 7) is 5.39. The van der Waals surface area contributed by atoms with Crippen LogP contribution in [0.2, 0.25) is 0 Å². The molecule has 0 aromatic rings. The van der Waals surface area contributed by atoms with Gasteiger partial charge in [-0.25, -0.2) is 4.79 Å². The van der Waals surface area contributed by atoms with Crippen molar-refractivity contribution in [2.45, 2.75) is 18.9 Å². The van der Waals surface area contributed by atoms with Gasteiger partial charge in [-0.05, 0) is 25.0 Å². The summed E-state index contributed by atoms with van der Waals surface area (Å²) >= 11 is 0. The second-order valence-electron chi connectivity index (χ2n) is 5.23. The number of hydrogen-bond donors (Lipinski definition) is 1. The van der Waals surface area contributed by atoms with E-state index >= 15 is 0 Å². The molecule has 0 spiro atoms. The second-order valence-corrected chi connectivity index (χ2v) is 5.23. The predicted molar refractivity (Wildman–Crippen MR) is 80.2 cm³/mol. The molecule has 0 aromatic carbocycles. The molecule has 1 unspecified atom stereocenters. The molecule has 116 valence electrons. The van der Waals surface area contributed by atoms with Crippen LogP contribution >= 0.6 is 0 Å². The van der Waals surface area contributed by atoms with Crippen LogP contribution in [0.4, 0.5) is 4.79 Å². The Morgan fingerprint density at radius 2 is 2.33 bits per heavy atom. The number of allylic oxidation sites excluding steroid dienone is 4. The van der Waals surface area contributed by atoms with Crippen LogP contribution < -0.4 is 5.73 Å². The first-order valence-corrected chi connectivity index (χ1v) is 7.05. The average molecular weight is 293 g/mol. The highest BCUT2D eigenvalue weighted by molar-refractivity contribution is 5.72. The highest BCUT2D eigenvalue weighted by Crippen LogP contribution is 2.27. The molecule has 0 aromatic heterocycles. The fourth-order valence-electron chi connectivity index (χ4n) is 2.46. The van der Waals surface area contributed by atoms with Crippen LogP contribution in [-0.4, -0.2) is 55.9 Å². The van der Waals surface area contributed by atoms with Crippen LogP contribution in [0.1, 0.15) is 12.8 Å². The Balaban J connectivity index is 2.03. The molecule has 1 fully saturated rings. The van der Waals surface area contributed by atoms with Gasteiger partial charge in [0, 0.05) is 37.8 Å². The maximum atomic E-state index is 11.8. The van der Waals surface area contributed by atoms with Crippen molar-refractivity contribution in [2.75, 3.05) is 33.9 Å². The number of cyclic esters (lactones) is 1. The van der Waals surface area contributed by atoms with Gasteiger partial charge in [-0.1, -0.05) is 6.58 Å². The zero-order valence-corrected chi connectivity index (χ0v) is 12.7. The lowest BCUT2D eigenvalue weighted by Gasteiger charge is -2.28.